The molecule has 156 valence electrons. The van der Waals surface area contributed by atoms with Gasteiger partial charge in [0.1, 0.15) is 6.61 Å². The largest absolute Gasteiger partial charge is 0.494 e. The molecule has 0 atom stereocenters. The van der Waals surface area contributed by atoms with E-state index < -0.39 is 21.8 Å². The van der Waals surface area contributed by atoms with E-state index in [9.17, 15) is 17.6 Å². The van der Waals surface area contributed by atoms with Crippen molar-refractivity contribution >= 4 is 22.1 Å². The summed E-state index contributed by atoms with van der Waals surface area (Å²) >= 11 is 0. The van der Waals surface area contributed by atoms with Crippen LogP contribution in [0.25, 0.3) is 6.08 Å². The number of carbonyl (C=O) groups is 1. The Bertz CT molecular complexity index is 967. The first kappa shape index (κ1) is 22.6. The molecule has 0 aliphatic carbocycles. The first-order valence-corrected chi connectivity index (χ1v) is 10.5. The van der Waals surface area contributed by atoms with Crippen LogP contribution in [0.3, 0.4) is 0 Å². The van der Waals surface area contributed by atoms with Gasteiger partial charge in [-0.15, -0.1) is 0 Å². The van der Waals surface area contributed by atoms with E-state index in [1.54, 1.807) is 32.0 Å². The Kier molecular flexibility index (Phi) is 7.92. The number of benzene rings is 2. The molecule has 2 aromatic rings. The van der Waals surface area contributed by atoms with Crippen molar-refractivity contribution in [1.82, 2.24) is 4.31 Å². The van der Waals surface area contributed by atoms with E-state index in [1.807, 2.05) is 0 Å². The Morgan fingerprint density at radius 2 is 1.76 bits per heavy atom. The molecule has 0 fully saturated rings. The van der Waals surface area contributed by atoms with Crippen LogP contribution in [0.5, 0.6) is 5.75 Å². The molecule has 6 nitrogen and oxygen atoms in total. The van der Waals surface area contributed by atoms with Crippen LogP contribution < -0.4 is 4.74 Å². The second-order valence-corrected chi connectivity index (χ2v) is 8.01. The molecule has 29 heavy (non-hydrogen) atoms. The number of hydrogen-bond donors (Lipinski definition) is 0. The fraction of sp³-hybridized carbons (Fsp3) is 0.286. The Balaban J connectivity index is 1.97. The monoisotopic (exact) mass is 421 g/mol. The van der Waals surface area contributed by atoms with Gasteiger partial charge in [-0.2, -0.15) is 4.31 Å². The molecule has 0 amide bonds. The van der Waals surface area contributed by atoms with E-state index in [2.05, 4.69) is 0 Å². The van der Waals surface area contributed by atoms with Crippen molar-refractivity contribution in [1.29, 1.82) is 0 Å². The number of rotatable bonds is 9. The summed E-state index contributed by atoms with van der Waals surface area (Å²) < 4.78 is 49.8. The normalized spacial score (nSPS) is 11.8. The smallest absolute Gasteiger partial charge is 0.331 e. The second-order valence-electron chi connectivity index (χ2n) is 6.07. The lowest BCUT2D eigenvalue weighted by molar-refractivity contribution is -0.138. The molecule has 0 spiro atoms. The van der Waals surface area contributed by atoms with Crippen LogP contribution in [0.15, 0.2) is 53.4 Å². The van der Waals surface area contributed by atoms with E-state index in [0.717, 1.165) is 0 Å². The summed E-state index contributed by atoms with van der Waals surface area (Å²) in [5.41, 5.74) is 1.15. The van der Waals surface area contributed by atoms with Crippen molar-refractivity contribution in [2.45, 2.75) is 25.3 Å². The van der Waals surface area contributed by atoms with Crippen molar-refractivity contribution in [3.05, 3.63) is 65.5 Å². The average Bonchev–Trinajstić information content (AvgIpc) is 2.71. The maximum Gasteiger partial charge on any atom is 0.331 e. The minimum absolute atomic E-state index is 0.0782. The van der Waals surface area contributed by atoms with Crippen molar-refractivity contribution in [2.24, 2.45) is 0 Å². The van der Waals surface area contributed by atoms with Crippen LogP contribution in [-0.4, -0.2) is 38.9 Å². The van der Waals surface area contributed by atoms with Gasteiger partial charge in [0, 0.05) is 19.2 Å². The molecule has 0 aliphatic rings. The van der Waals surface area contributed by atoms with Gasteiger partial charge >= 0.3 is 5.97 Å². The zero-order valence-electron chi connectivity index (χ0n) is 16.6. The van der Waals surface area contributed by atoms with Gasteiger partial charge in [0.25, 0.3) is 0 Å². The quantitative estimate of drug-likeness (QED) is 0.457. The molecule has 0 N–H and O–H groups in total. The molecule has 2 aromatic carbocycles. The fourth-order valence-electron chi connectivity index (χ4n) is 2.63. The highest BCUT2D eigenvalue weighted by Gasteiger charge is 2.20. The molecular weight excluding hydrogens is 397 g/mol. The maximum atomic E-state index is 13.6. The molecule has 0 saturated carbocycles. The van der Waals surface area contributed by atoms with Gasteiger partial charge in [-0.3, -0.25) is 0 Å². The first-order valence-electron chi connectivity index (χ1n) is 9.09. The Morgan fingerprint density at radius 1 is 1.10 bits per heavy atom. The molecular formula is C21H24FNO5S. The number of sulfonamides is 1. The van der Waals surface area contributed by atoms with E-state index in [1.165, 1.54) is 47.8 Å². The number of ether oxygens (including phenoxy) is 2. The molecule has 8 heteroatoms. The lowest BCUT2D eigenvalue weighted by Gasteiger charge is -2.18. The van der Waals surface area contributed by atoms with Gasteiger partial charge in [0.2, 0.25) is 10.0 Å². The topological polar surface area (TPSA) is 72.9 Å². The van der Waals surface area contributed by atoms with Gasteiger partial charge < -0.3 is 9.47 Å². The summed E-state index contributed by atoms with van der Waals surface area (Å²) in [5, 5.41) is 0. The van der Waals surface area contributed by atoms with Crippen LogP contribution in [0.4, 0.5) is 4.39 Å². The molecule has 0 heterocycles. The minimum Gasteiger partial charge on any atom is -0.494 e. The summed E-state index contributed by atoms with van der Waals surface area (Å²) in [7, 11) is -2.15. The highest BCUT2D eigenvalue weighted by Crippen LogP contribution is 2.19. The maximum absolute atomic E-state index is 13.6. The van der Waals surface area contributed by atoms with E-state index in [0.29, 0.717) is 24.2 Å². The summed E-state index contributed by atoms with van der Waals surface area (Å²) in [6.45, 7) is 4.27. The Labute approximate surface area is 170 Å². The van der Waals surface area contributed by atoms with Crippen molar-refractivity contribution in [3.63, 3.8) is 0 Å². The lowest BCUT2D eigenvalue weighted by Crippen LogP contribution is -2.30. The highest BCUT2D eigenvalue weighted by molar-refractivity contribution is 7.89. The molecule has 0 bridgehead atoms. The van der Waals surface area contributed by atoms with Crippen LogP contribution in [0.1, 0.15) is 25.0 Å². The third-order valence-electron chi connectivity index (χ3n) is 4.23. The van der Waals surface area contributed by atoms with Crippen LogP contribution in [0, 0.1) is 5.82 Å². The average molecular weight is 421 g/mol. The minimum atomic E-state index is -3.52. The summed E-state index contributed by atoms with van der Waals surface area (Å²) in [5.74, 6) is -1.01. The molecule has 0 aliphatic heterocycles. The SMILES string of the molecule is CCN(CC)S(=O)(=O)c1ccc(/C=C/C(=O)OCc2ccc(OC)c(F)c2)cc1. The Morgan fingerprint density at radius 3 is 2.31 bits per heavy atom. The zero-order chi connectivity index (χ0) is 21.4. The van der Waals surface area contributed by atoms with Gasteiger partial charge in [-0.05, 0) is 41.5 Å². The predicted octanol–water partition coefficient (Wildman–Crippen LogP) is 3.62. The van der Waals surface area contributed by atoms with E-state index >= 15 is 0 Å². The summed E-state index contributed by atoms with van der Waals surface area (Å²) in [4.78, 5) is 12.1. The third kappa shape index (κ3) is 5.88. The fourth-order valence-corrected chi connectivity index (χ4v) is 4.09. The number of esters is 1. The van der Waals surface area contributed by atoms with Gasteiger partial charge in [0.05, 0.1) is 12.0 Å². The molecule has 0 saturated heterocycles. The first-order chi connectivity index (χ1) is 13.8. The molecule has 0 unspecified atom stereocenters. The van der Waals surface area contributed by atoms with Crippen molar-refractivity contribution in [2.75, 3.05) is 20.2 Å². The third-order valence-corrected chi connectivity index (χ3v) is 6.30. The van der Waals surface area contributed by atoms with Crippen LogP contribution in [-0.2, 0) is 26.2 Å². The Hall–Kier alpha value is -2.71. The lowest BCUT2D eigenvalue weighted by atomic mass is 10.2. The number of methoxy groups -OCH3 is 1. The van der Waals surface area contributed by atoms with E-state index in [-0.39, 0.29) is 17.3 Å². The molecule has 2 rings (SSSR count). The number of nitrogens with zero attached hydrogens (tertiary/aromatic N) is 1. The summed E-state index contributed by atoms with van der Waals surface area (Å²) in [6.07, 6.45) is 2.75. The highest BCUT2D eigenvalue weighted by atomic mass is 32.2. The molecule has 0 aromatic heterocycles. The van der Waals surface area contributed by atoms with Crippen molar-refractivity contribution < 1.29 is 27.1 Å². The van der Waals surface area contributed by atoms with Gasteiger partial charge in [-0.1, -0.05) is 32.0 Å². The van der Waals surface area contributed by atoms with Crippen LogP contribution in [0.2, 0.25) is 0 Å². The second kappa shape index (κ2) is 10.2. The molecule has 0 radical (unpaired) electrons. The summed E-state index contributed by atoms with van der Waals surface area (Å²) in [6, 6.07) is 10.5. The number of halogens is 1. The van der Waals surface area contributed by atoms with Gasteiger partial charge in [0.15, 0.2) is 11.6 Å². The predicted molar refractivity (Wildman–Crippen MR) is 108 cm³/mol. The zero-order valence-corrected chi connectivity index (χ0v) is 17.4. The number of hydrogen-bond acceptors (Lipinski definition) is 5. The van der Waals surface area contributed by atoms with Crippen molar-refractivity contribution in [3.8, 4) is 5.75 Å². The van der Waals surface area contributed by atoms with Gasteiger partial charge in [-0.25, -0.2) is 17.6 Å². The standard InChI is InChI=1S/C21H24FNO5S/c1-4-23(5-2)29(25,26)18-10-6-16(7-11-18)9-13-21(24)28-15-17-8-12-20(27-3)19(22)14-17/h6-14H,4-5,15H2,1-3H3/b13-9+. The van der Waals surface area contributed by atoms with Crippen LogP contribution >= 0.6 is 0 Å². The van der Waals surface area contributed by atoms with E-state index in [4.69, 9.17) is 9.47 Å². The number of carbonyl (C=O) groups excluding carboxylic acids is 1.